The van der Waals surface area contributed by atoms with E-state index in [2.05, 4.69) is 13.0 Å². The lowest BCUT2D eigenvalue weighted by Gasteiger charge is -2.34. The molecule has 1 aromatic rings. The molecule has 2 aliphatic rings. The Kier molecular flexibility index (Phi) is 2.51. The third kappa shape index (κ3) is 1.45. The molecule has 0 aromatic heterocycles. The van der Waals surface area contributed by atoms with E-state index >= 15 is 0 Å². The molecule has 0 bridgehead atoms. The van der Waals surface area contributed by atoms with Crippen molar-refractivity contribution in [2.45, 2.75) is 37.5 Å². The van der Waals surface area contributed by atoms with Crippen LogP contribution in [0.15, 0.2) is 24.3 Å². The lowest BCUT2D eigenvalue weighted by Crippen LogP contribution is -2.48. The van der Waals surface area contributed by atoms with E-state index in [0.29, 0.717) is 6.61 Å². The molecule has 3 nitrogen and oxygen atoms in total. The van der Waals surface area contributed by atoms with Gasteiger partial charge in [0.2, 0.25) is 5.91 Å². The number of benzene rings is 1. The Labute approximate surface area is 112 Å². The fourth-order valence-electron chi connectivity index (χ4n) is 2.76. The van der Waals surface area contributed by atoms with Crippen LogP contribution in [0.3, 0.4) is 0 Å². The third-order valence-corrected chi connectivity index (χ3v) is 4.95. The van der Waals surface area contributed by atoms with Crippen molar-refractivity contribution in [3.05, 3.63) is 29.8 Å². The third-order valence-electron chi connectivity index (χ3n) is 3.92. The van der Waals surface area contributed by atoms with Gasteiger partial charge >= 0.3 is 0 Å². The number of para-hydroxylation sites is 1. The molecule has 1 aromatic carbocycles. The van der Waals surface area contributed by atoms with Crippen LogP contribution in [0, 0.1) is 0 Å². The lowest BCUT2D eigenvalue weighted by atomic mass is 9.86. The highest BCUT2D eigenvalue weighted by molar-refractivity contribution is 7.96. The quantitative estimate of drug-likeness (QED) is 0.729. The van der Waals surface area contributed by atoms with Crippen molar-refractivity contribution in [2.75, 3.05) is 11.5 Å². The van der Waals surface area contributed by atoms with Gasteiger partial charge in [-0.3, -0.25) is 9.69 Å². The molecule has 0 spiro atoms. The van der Waals surface area contributed by atoms with Gasteiger partial charge < -0.3 is 4.18 Å². The Balaban J connectivity index is 2.15. The molecule has 3 rings (SSSR count). The van der Waals surface area contributed by atoms with Crippen molar-refractivity contribution in [2.24, 2.45) is 0 Å². The summed E-state index contributed by atoms with van der Waals surface area (Å²) in [6, 6.07) is 8.07. The average molecular weight is 263 g/mol. The largest absolute Gasteiger partial charge is 0.313 e. The fraction of sp³-hybridized carbons (Fsp3) is 0.500. The first-order valence-corrected chi connectivity index (χ1v) is 6.96. The maximum atomic E-state index is 12.7. The Bertz CT molecular complexity index is 506. The van der Waals surface area contributed by atoms with E-state index in [0.717, 1.165) is 17.7 Å². The highest BCUT2D eigenvalue weighted by Gasteiger charge is 2.52. The molecule has 0 N–H and O–H groups in total. The number of fused-ring (bicyclic) bond motifs is 1. The van der Waals surface area contributed by atoms with E-state index in [9.17, 15) is 4.79 Å². The number of nitrogens with zero attached hydrogens (tertiary/aromatic N) is 1. The molecule has 18 heavy (non-hydrogen) atoms. The fourth-order valence-corrected chi connectivity index (χ4v) is 3.60. The van der Waals surface area contributed by atoms with Crippen LogP contribution in [-0.2, 0) is 14.4 Å². The minimum absolute atomic E-state index is 0.171. The minimum Gasteiger partial charge on any atom is -0.313 e. The molecule has 0 saturated carbocycles. The van der Waals surface area contributed by atoms with Gasteiger partial charge in [0.1, 0.15) is 4.87 Å². The van der Waals surface area contributed by atoms with E-state index in [1.165, 1.54) is 12.0 Å². The van der Waals surface area contributed by atoms with E-state index in [1.54, 1.807) is 0 Å². The minimum atomic E-state index is -0.442. The van der Waals surface area contributed by atoms with E-state index in [-0.39, 0.29) is 10.8 Å². The molecule has 96 valence electrons. The molecular weight excluding hydrogens is 246 g/mol. The van der Waals surface area contributed by atoms with Crippen LogP contribution in [0.1, 0.15) is 32.8 Å². The highest BCUT2D eigenvalue weighted by Crippen LogP contribution is 2.50. The Morgan fingerprint density at radius 3 is 2.67 bits per heavy atom. The van der Waals surface area contributed by atoms with Crippen molar-refractivity contribution in [3.63, 3.8) is 0 Å². The Hall–Kier alpha value is -1.00. The number of anilines is 1. The first-order chi connectivity index (χ1) is 8.47. The van der Waals surface area contributed by atoms with Crippen molar-refractivity contribution >= 4 is 23.6 Å². The summed E-state index contributed by atoms with van der Waals surface area (Å²) in [4.78, 5) is 14.4. The topological polar surface area (TPSA) is 29.5 Å². The van der Waals surface area contributed by atoms with Gasteiger partial charge in [-0.05, 0) is 32.4 Å². The maximum absolute atomic E-state index is 12.7. The molecule has 1 atom stereocenters. The molecule has 1 unspecified atom stereocenters. The zero-order chi connectivity index (χ0) is 13.0. The van der Waals surface area contributed by atoms with Crippen molar-refractivity contribution in [1.82, 2.24) is 0 Å². The molecular formula is C14H17NO2S. The first-order valence-electron chi connectivity index (χ1n) is 6.22. The zero-order valence-corrected chi connectivity index (χ0v) is 11.7. The summed E-state index contributed by atoms with van der Waals surface area (Å²) < 4.78 is 5.43. The van der Waals surface area contributed by atoms with Gasteiger partial charge in [0.25, 0.3) is 0 Å². The van der Waals surface area contributed by atoms with E-state index in [4.69, 9.17) is 4.18 Å². The maximum Gasteiger partial charge on any atom is 0.238 e. The van der Waals surface area contributed by atoms with Gasteiger partial charge in [0.15, 0.2) is 0 Å². The second-order valence-electron chi connectivity index (χ2n) is 5.61. The first kappa shape index (κ1) is 12.1. The molecule has 1 amide bonds. The van der Waals surface area contributed by atoms with Crippen molar-refractivity contribution in [3.8, 4) is 0 Å². The summed E-state index contributed by atoms with van der Waals surface area (Å²) in [7, 11) is 0. The summed E-state index contributed by atoms with van der Waals surface area (Å²) in [6.07, 6.45) is 0.869. The van der Waals surface area contributed by atoms with Gasteiger partial charge in [-0.25, -0.2) is 0 Å². The second kappa shape index (κ2) is 3.75. The van der Waals surface area contributed by atoms with Gasteiger partial charge in [-0.2, -0.15) is 0 Å². The standard InChI is InChI=1S/C14H17NO2S/c1-13(2)10-6-4-5-7-11(10)15(12(13)16)14(3)8-9-17-18-14/h4-7H,8-9H2,1-3H3. The predicted octanol–water partition coefficient (Wildman–Crippen LogP) is 3.10. The molecule has 4 heteroatoms. The monoisotopic (exact) mass is 263 g/mol. The van der Waals surface area contributed by atoms with Crippen LogP contribution >= 0.6 is 12.0 Å². The van der Waals surface area contributed by atoms with Crippen molar-refractivity contribution in [1.29, 1.82) is 0 Å². The van der Waals surface area contributed by atoms with Gasteiger partial charge in [0, 0.05) is 24.2 Å². The van der Waals surface area contributed by atoms with E-state index in [1.807, 2.05) is 36.9 Å². The summed E-state index contributed by atoms with van der Waals surface area (Å²) in [5.41, 5.74) is 1.71. The lowest BCUT2D eigenvalue weighted by molar-refractivity contribution is -0.122. The molecule has 0 radical (unpaired) electrons. The zero-order valence-electron chi connectivity index (χ0n) is 10.9. The number of rotatable bonds is 1. The molecule has 2 heterocycles. The average Bonchev–Trinajstić information content (AvgIpc) is 2.84. The summed E-state index contributed by atoms with van der Waals surface area (Å²) in [6.45, 7) is 6.78. The van der Waals surface area contributed by atoms with Crippen LogP contribution < -0.4 is 4.90 Å². The molecule has 1 fully saturated rings. The van der Waals surface area contributed by atoms with Crippen LogP contribution in [0.2, 0.25) is 0 Å². The number of amides is 1. The van der Waals surface area contributed by atoms with Crippen LogP contribution in [0.5, 0.6) is 0 Å². The summed E-state index contributed by atoms with van der Waals surface area (Å²) in [5, 5.41) is 0. The SMILES string of the molecule is CC1(C)C(=O)N(C2(C)CCOS2)c2ccccc21. The Morgan fingerprint density at radius 1 is 1.28 bits per heavy atom. The summed E-state index contributed by atoms with van der Waals surface area (Å²) >= 11 is 1.42. The van der Waals surface area contributed by atoms with Crippen LogP contribution in [-0.4, -0.2) is 17.4 Å². The normalized spacial score (nSPS) is 29.7. The Morgan fingerprint density at radius 2 is 2.00 bits per heavy atom. The van der Waals surface area contributed by atoms with Crippen molar-refractivity contribution < 1.29 is 8.98 Å². The van der Waals surface area contributed by atoms with Gasteiger partial charge in [-0.15, -0.1) is 0 Å². The number of carbonyl (C=O) groups excluding carboxylic acids is 1. The highest BCUT2D eigenvalue weighted by atomic mass is 32.2. The molecule has 2 aliphatic heterocycles. The molecule has 1 saturated heterocycles. The number of hydrogen-bond donors (Lipinski definition) is 0. The van der Waals surface area contributed by atoms with Crippen LogP contribution in [0.4, 0.5) is 5.69 Å². The second-order valence-corrected chi connectivity index (χ2v) is 6.89. The summed E-state index contributed by atoms with van der Waals surface area (Å²) in [5.74, 6) is 0.171. The number of hydrogen-bond acceptors (Lipinski definition) is 3. The van der Waals surface area contributed by atoms with Gasteiger partial charge in [0.05, 0.1) is 12.0 Å². The van der Waals surface area contributed by atoms with Crippen LogP contribution in [0.25, 0.3) is 0 Å². The number of carbonyl (C=O) groups is 1. The van der Waals surface area contributed by atoms with E-state index < -0.39 is 5.41 Å². The van der Waals surface area contributed by atoms with Gasteiger partial charge in [-0.1, -0.05) is 18.2 Å². The predicted molar refractivity (Wildman–Crippen MR) is 73.5 cm³/mol. The smallest absolute Gasteiger partial charge is 0.238 e. The molecule has 0 aliphatic carbocycles.